The molecule has 0 saturated carbocycles. The van der Waals surface area contributed by atoms with Crippen LogP contribution in [-0.4, -0.2) is 36.4 Å². The monoisotopic (exact) mass is 948 g/mol. The maximum absolute atomic E-state index is 13.9. The van der Waals surface area contributed by atoms with Crippen LogP contribution in [0.25, 0.3) is 102 Å². The Kier molecular flexibility index (Phi) is 14.1. The van der Waals surface area contributed by atoms with Crippen LogP contribution in [0.2, 0.25) is 0 Å². The molecule has 0 fully saturated rings. The summed E-state index contributed by atoms with van der Waals surface area (Å²) in [5.41, 5.74) is 9.82. The standard InChI is InChI=1S/C52H46N4O6P2.Zn/c1-5-59-63(57,60-6-2)33-31-41-43-23-27-47(53-43)51(39-21-13-17-35-15-9-11-19-37(35)39)49-29-25-45(55-49)42(32-34-64(58,61-7-3)62-8-4)46-26-30-50(56-46)52(48-28-24-44(41)54-48)40-22-14-18-36-16-10-12-20-38(36)40;/h9-34H,5-8H2,1-4H3;/q-2;+2/b33-31+,34-32+,43-41?,44-41?,45-42?,46-42?,51-47?,51-49?,52-48?,52-50?;. The van der Waals surface area contributed by atoms with Gasteiger partial charge < -0.3 is 28.1 Å². The van der Waals surface area contributed by atoms with E-state index in [9.17, 15) is 9.13 Å². The molecule has 0 unspecified atom stereocenters. The Hall–Kier alpha value is -5.60. The minimum atomic E-state index is -3.63. The van der Waals surface area contributed by atoms with Gasteiger partial charge in [0.25, 0.3) is 0 Å². The third kappa shape index (κ3) is 9.43. The van der Waals surface area contributed by atoms with Crippen molar-refractivity contribution in [3.63, 3.8) is 0 Å². The molecule has 3 aromatic heterocycles. The zero-order chi connectivity index (χ0) is 44.3. The van der Waals surface area contributed by atoms with Crippen LogP contribution in [0.3, 0.4) is 0 Å². The number of hydrogen-bond donors (Lipinski definition) is 0. The molecule has 2 aliphatic rings. The number of rotatable bonds is 14. The second-order valence-electron chi connectivity index (χ2n) is 14.9. The van der Waals surface area contributed by atoms with Gasteiger partial charge in [0.2, 0.25) is 0 Å². The topological polar surface area (TPSA) is 125 Å². The van der Waals surface area contributed by atoms with Crippen molar-refractivity contribution in [2.75, 3.05) is 26.4 Å². The molecule has 0 radical (unpaired) electrons. The van der Waals surface area contributed by atoms with E-state index < -0.39 is 15.2 Å². The zero-order valence-corrected chi connectivity index (χ0v) is 41.4. The molecule has 65 heavy (non-hydrogen) atoms. The van der Waals surface area contributed by atoms with Gasteiger partial charge in [-0.2, -0.15) is 0 Å². The second kappa shape index (κ2) is 19.9. The molecule has 2 aliphatic heterocycles. The minimum absolute atomic E-state index is 0. The van der Waals surface area contributed by atoms with Crippen LogP contribution in [0.4, 0.5) is 0 Å². The molecule has 8 bridgehead atoms. The molecule has 10 nitrogen and oxygen atoms in total. The van der Waals surface area contributed by atoms with Gasteiger partial charge in [0.15, 0.2) is 0 Å². The first kappa shape index (κ1) is 46.0. The van der Waals surface area contributed by atoms with Crippen LogP contribution in [0, 0.1) is 0 Å². The normalized spacial score (nSPS) is 12.9. The van der Waals surface area contributed by atoms with Crippen molar-refractivity contribution in [3.05, 3.63) is 155 Å². The predicted molar refractivity (Wildman–Crippen MR) is 262 cm³/mol. The van der Waals surface area contributed by atoms with Crippen LogP contribution in [0.1, 0.15) is 61.6 Å². The largest absolute Gasteiger partial charge is 2.00 e. The van der Waals surface area contributed by atoms with Gasteiger partial charge in [0, 0.05) is 11.6 Å². The molecule has 0 atom stereocenters. The molecule has 13 heteroatoms. The maximum atomic E-state index is 13.9. The van der Waals surface area contributed by atoms with Gasteiger partial charge in [-0.05, 0) is 119 Å². The van der Waals surface area contributed by atoms with E-state index in [1.165, 1.54) is 11.6 Å². The number of hydrogen-bond acceptors (Lipinski definition) is 8. The Morgan fingerprint density at radius 3 is 1.22 bits per heavy atom. The molecule has 0 spiro atoms. The van der Waals surface area contributed by atoms with Crippen molar-refractivity contribution in [2.45, 2.75) is 27.7 Å². The summed E-state index contributed by atoms with van der Waals surface area (Å²) in [5.74, 6) is 3.00. The van der Waals surface area contributed by atoms with Crippen LogP contribution >= 0.6 is 15.2 Å². The molecule has 322 valence electrons. The second-order valence-corrected chi connectivity index (χ2v) is 18.7. The third-order valence-electron chi connectivity index (χ3n) is 10.9. The zero-order valence-electron chi connectivity index (χ0n) is 36.7. The molecule has 4 aromatic carbocycles. The fourth-order valence-corrected chi connectivity index (χ4v) is 10.8. The van der Waals surface area contributed by atoms with Crippen LogP contribution < -0.4 is 9.97 Å². The molecule has 0 N–H and O–H groups in total. The molecule has 0 saturated heterocycles. The predicted octanol–water partition coefficient (Wildman–Crippen LogP) is 14.0. The summed E-state index contributed by atoms with van der Waals surface area (Å²) in [6.45, 7) is 7.97. The van der Waals surface area contributed by atoms with Gasteiger partial charge in [-0.15, -0.1) is 22.1 Å². The fourth-order valence-electron chi connectivity index (χ4n) is 8.21. The Morgan fingerprint density at radius 1 is 0.462 bits per heavy atom. The van der Waals surface area contributed by atoms with E-state index in [0.717, 1.165) is 43.8 Å². The summed E-state index contributed by atoms with van der Waals surface area (Å²) in [7, 11) is -7.25. The van der Waals surface area contributed by atoms with Crippen molar-refractivity contribution in [2.24, 2.45) is 0 Å². The van der Waals surface area contributed by atoms with Gasteiger partial charge in [-0.1, -0.05) is 109 Å². The average Bonchev–Trinajstić information content (AvgIpc) is 4.15. The van der Waals surface area contributed by atoms with Crippen molar-refractivity contribution in [3.8, 4) is 22.3 Å². The molecular formula is C52H46N4O6P2Zn. The van der Waals surface area contributed by atoms with Crippen molar-refractivity contribution >= 4 is 95.3 Å². The quantitative estimate of drug-likeness (QED) is 0.0768. The first-order valence-electron chi connectivity index (χ1n) is 21.4. The Bertz CT molecular complexity index is 3080. The van der Waals surface area contributed by atoms with E-state index in [1.807, 2.05) is 85.0 Å². The van der Waals surface area contributed by atoms with E-state index >= 15 is 0 Å². The number of nitrogens with zero attached hydrogens (tertiary/aromatic N) is 4. The Labute approximate surface area is 391 Å². The number of fused-ring (bicyclic) bond motifs is 10. The number of benzene rings is 4. The summed E-state index contributed by atoms with van der Waals surface area (Å²) in [5, 5.41) is 4.19. The molecule has 0 aliphatic carbocycles. The third-order valence-corrected chi connectivity index (χ3v) is 14.4. The van der Waals surface area contributed by atoms with Gasteiger partial charge >= 0.3 is 34.7 Å². The van der Waals surface area contributed by atoms with E-state index in [2.05, 4.69) is 48.5 Å². The summed E-state index contributed by atoms with van der Waals surface area (Å²) in [4.78, 5) is 21.3. The molecular weight excluding hydrogens is 904 g/mol. The van der Waals surface area contributed by atoms with Gasteiger partial charge in [-0.25, -0.2) is 9.97 Å². The fraction of sp³-hybridized carbons (Fsp3) is 0.154. The summed E-state index contributed by atoms with van der Waals surface area (Å²) in [6.07, 6.45) is 11.3. The van der Waals surface area contributed by atoms with Gasteiger partial charge in [0.1, 0.15) is 0 Å². The number of aromatic nitrogens is 4. The smallest absolute Gasteiger partial charge is 0.657 e. The molecule has 0 amide bonds. The summed E-state index contributed by atoms with van der Waals surface area (Å²) < 4.78 is 50.6. The SMILES string of the molecule is CCOP(=O)(/C=C/c1c2nc(c(-c3cccc4ccccc34)c3ccc([n-]3)c(/C=C/P(=O)(OCC)OCC)c3nc(c(-c4cccc5ccccc45)c4ccc1[n-]4)C=C3)C=C2)OCC.[Zn+2]. The molecule has 5 heterocycles. The van der Waals surface area contributed by atoms with Crippen molar-refractivity contribution < 1.29 is 46.7 Å². The average molecular weight is 950 g/mol. The van der Waals surface area contributed by atoms with E-state index in [1.54, 1.807) is 39.8 Å². The van der Waals surface area contributed by atoms with Crippen LogP contribution in [0.5, 0.6) is 0 Å². The van der Waals surface area contributed by atoms with Crippen LogP contribution in [0.15, 0.2) is 121 Å². The molecule has 9 rings (SSSR count). The van der Waals surface area contributed by atoms with Crippen LogP contribution in [-0.2, 0) is 46.7 Å². The van der Waals surface area contributed by atoms with Gasteiger partial charge in [-0.3, -0.25) is 9.13 Å². The molecule has 7 aromatic rings. The minimum Gasteiger partial charge on any atom is -0.657 e. The van der Waals surface area contributed by atoms with E-state index in [-0.39, 0.29) is 45.9 Å². The van der Waals surface area contributed by atoms with Crippen molar-refractivity contribution in [1.29, 1.82) is 0 Å². The maximum Gasteiger partial charge on any atom is 2.00 e. The first-order valence-corrected chi connectivity index (χ1v) is 24.6. The summed E-state index contributed by atoms with van der Waals surface area (Å²) in [6, 6.07) is 36.7. The first-order chi connectivity index (χ1) is 31.2. The Balaban J connectivity index is 0.00000576. The summed E-state index contributed by atoms with van der Waals surface area (Å²) >= 11 is 0. The van der Waals surface area contributed by atoms with E-state index in [4.69, 9.17) is 38.0 Å². The Morgan fingerprint density at radius 2 is 0.815 bits per heavy atom. The van der Waals surface area contributed by atoms with Gasteiger partial charge in [0.05, 0.1) is 49.2 Å². The van der Waals surface area contributed by atoms with E-state index in [0.29, 0.717) is 56.0 Å². The van der Waals surface area contributed by atoms with Crippen molar-refractivity contribution in [1.82, 2.24) is 19.9 Å².